The van der Waals surface area contributed by atoms with Gasteiger partial charge in [-0.3, -0.25) is 0 Å². The van der Waals surface area contributed by atoms with E-state index in [1.807, 2.05) is 6.07 Å². The number of anilines is 1. The van der Waals surface area contributed by atoms with E-state index < -0.39 is 0 Å². The molecule has 0 aliphatic carbocycles. The van der Waals surface area contributed by atoms with Gasteiger partial charge in [-0.25, -0.2) is 4.39 Å². The second-order valence-corrected chi connectivity index (χ2v) is 3.98. The van der Waals surface area contributed by atoms with Gasteiger partial charge in [-0.1, -0.05) is 12.1 Å². The fourth-order valence-corrected chi connectivity index (χ4v) is 2.21. The van der Waals surface area contributed by atoms with Crippen molar-refractivity contribution >= 4 is 5.69 Å². The highest BCUT2D eigenvalue weighted by Gasteiger charge is 2.18. The van der Waals surface area contributed by atoms with E-state index in [-0.39, 0.29) is 5.82 Å². The van der Waals surface area contributed by atoms with Gasteiger partial charge in [-0.05, 0) is 37.4 Å². The zero-order valence-corrected chi connectivity index (χ0v) is 8.88. The summed E-state index contributed by atoms with van der Waals surface area (Å²) in [7, 11) is 0. The number of hydrogen-bond donors (Lipinski definition) is 1. The quantitative estimate of drug-likeness (QED) is 0.822. The monoisotopic (exact) mass is 208 g/mol. The van der Waals surface area contributed by atoms with Crippen LogP contribution in [-0.2, 0) is 6.42 Å². The van der Waals surface area contributed by atoms with E-state index in [9.17, 15) is 4.39 Å². The minimum atomic E-state index is -0.108. The molecule has 1 aromatic carbocycles. The summed E-state index contributed by atoms with van der Waals surface area (Å²) >= 11 is 0. The van der Waals surface area contributed by atoms with Crippen molar-refractivity contribution in [1.82, 2.24) is 0 Å². The van der Waals surface area contributed by atoms with Crippen LogP contribution in [0.5, 0.6) is 0 Å². The lowest BCUT2D eigenvalue weighted by atomic mass is 10.1. The molecule has 2 rings (SSSR count). The third-order valence-electron chi connectivity index (χ3n) is 2.91. The number of nitrogens with two attached hydrogens (primary N) is 1. The average molecular weight is 208 g/mol. The van der Waals surface area contributed by atoms with Gasteiger partial charge in [0.25, 0.3) is 0 Å². The zero-order valence-electron chi connectivity index (χ0n) is 8.88. The maximum Gasteiger partial charge on any atom is 0.146 e. The number of para-hydroxylation sites is 1. The summed E-state index contributed by atoms with van der Waals surface area (Å²) in [6.45, 7) is 2.52. The molecular weight excluding hydrogens is 191 g/mol. The van der Waals surface area contributed by atoms with Crippen molar-refractivity contribution in [1.29, 1.82) is 0 Å². The lowest BCUT2D eigenvalue weighted by Gasteiger charge is -2.21. The van der Waals surface area contributed by atoms with Crippen molar-refractivity contribution in [2.75, 3.05) is 24.5 Å². The molecule has 0 atom stereocenters. The van der Waals surface area contributed by atoms with Crippen LogP contribution >= 0.6 is 0 Å². The Hall–Kier alpha value is -1.09. The first kappa shape index (κ1) is 10.4. The Kier molecular flexibility index (Phi) is 3.21. The number of halogens is 1. The van der Waals surface area contributed by atoms with Crippen molar-refractivity contribution in [2.24, 2.45) is 5.73 Å². The summed E-state index contributed by atoms with van der Waals surface area (Å²) in [5.41, 5.74) is 7.36. The van der Waals surface area contributed by atoms with Crippen molar-refractivity contribution in [3.05, 3.63) is 29.6 Å². The van der Waals surface area contributed by atoms with E-state index in [1.54, 1.807) is 6.07 Å². The molecule has 2 N–H and O–H groups in total. The molecular formula is C12H17FN2. The molecule has 0 spiro atoms. The molecule has 1 saturated heterocycles. The first-order valence-electron chi connectivity index (χ1n) is 5.55. The molecule has 1 aromatic rings. The number of nitrogens with zero attached hydrogens (tertiary/aromatic N) is 1. The Morgan fingerprint density at radius 1 is 1.27 bits per heavy atom. The summed E-state index contributed by atoms with van der Waals surface area (Å²) in [6.07, 6.45) is 3.08. The number of rotatable bonds is 3. The van der Waals surface area contributed by atoms with Gasteiger partial charge in [0.05, 0.1) is 5.69 Å². The first-order chi connectivity index (χ1) is 7.33. The summed E-state index contributed by atoms with van der Waals surface area (Å²) in [5, 5.41) is 0. The Labute approximate surface area is 89.9 Å². The molecule has 2 nitrogen and oxygen atoms in total. The minimum absolute atomic E-state index is 0.108. The molecule has 0 radical (unpaired) electrons. The van der Waals surface area contributed by atoms with Crippen LogP contribution in [0.25, 0.3) is 0 Å². The predicted molar refractivity (Wildman–Crippen MR) is 60.6 cm³/mol. The topological polar surface area (TPSA) is 29.3 Å². The van der Waals surface area contributed by atoms with Crippen molar-refractivity contribution < 1.29 is 4.39 Å². The molecule has 0 unspecified atom stereocenters. The third-order valence-corrected chi connectivity index (χ3v) is 2.91. The van der Waals surface area contributed by atoms with Crippen molar-refractivity contribution in [2.45, 2.75) is 19.3 Å². The molecule has 1 heterocycles. The summed E-state index contributed by atoms with van der Waals surface area (Å²) in [4.78, 5) is 2.14. The van der Waals surface area contributed by atoms with Gasteiger partial charge in [-0.2, -0.15) is 0 Å². The van der Waals surface area contributed by atoms with Crippen molar-refractivity contribution in [3.8, 4) is 0 Å². The summed E-state index contributed by atoms with van der Waals surface area (Å²) < 4.78 is 13.7. The fraction of sp³-hybridized carbons (Fsp3) is 0.500. The van der Waals surface area contributed by atoms with E-state index in [0.717, 1.165) is 43.6 Å². The van der Waals surface area contributed by atoms with Crippen LogP contribution in [0.2, 0.25) is 0 Å². The Bertz CT molecular complexity index is 332. The molecule has 82 valence electrons. The first-order valence-corrected chi connectivity index (χ1v) is 5.55. The molecule has 1 aliphatic rings. The molecule has 0 amide bonds. The Morgan fingerprint density at radius 2 is 2.00 bits per heavy atom. The van der Waals surface area contributed by atoms with E-state index in [4.69, 9.17) is 5.73 Å². The molecule has 3 heteroatoms. The zero-order chi connectivity index (χ0) is 10.7. The van der Waals surface area contributed by atoms with Gasteiger partial charge in [-0.15, -0.1) is 0 Å². The second kappa shape index (κ2) is 4.62. The van der Waals surface area contributed by atoms with Gasteiger partial charge in [0.1, 0.15) is 5.82 Å². The molecule has 1 fully saturated rings. The van der Waals surface area contributed by atoms with Gasteiger partial charge in [0.2, 0.25) is 0 Å². The van der Waals surface area contributed by atoms with Crippen LogP contribution in [0, 0.1) is 5.82 Å². The maximum atomic E-state index is 13.7. The summed E-state index contributed by atoms with van der Waals surface area (Å²) in [5.74, 6) is -0.108. The molecule has 0 aromatic heterocycles. The number of hydrogen-bond acceptors (Lipinski definition) is 2. The predicted octanol–water partition coefficient (Wildman–Crippen LogP) is 1.93. The van der Waals surface area contributed by atoms with Gasteiger partial charge < -0.3 is 10.6 Å². The van der Waals surface area contributed by atoms with Crippen LogP contribution in [0.15, 0.2) is 18.2 Å². The van der Waals surface area contributed by atoms with Gasteiger partial charge in [0.15, 0.2) is 0 Å². The van der Waals surface area contributed by atoms with E-state index in [2.05, 4.69) is 4.90 Å². The normalized spacial score (nSPS) is 16.0. The van der Waals surface area contributed by atoms with Crippen LogP contribution < -0.4 is 10.6 Å². The highest BCUT2D eigenvalue weighted by atomic mass is 19.1. The Balaban J connectivity index is 2.32. The minimum Gasteiger partial charge on any atom is -0.369 e. The molecule has 1 aliphatic heterocycles. The largest absolute Gasteiger partial charge is 0.369 e. The Morgan fingerprint density at radius 3 is 2.67 bits per heavy atom. The van der Waals surface area contributed by atoms with Crippen LogP contribution in [0.4, 0.5) is 10.1 Å². The average Bonchev–Trinajstić information content (AvgIpc) is 2.71. The van der Waals surface area contributed by atoms with E-state index >= 15 is 0 Å². The lowest BCUT2D eigenvalue weighted by molar-refractivity contribution is 0.620. The number of benzene rings is 1. The van der Waals surface area contributed by atoms with E-state index in [1.165, 1.54) is 6.07 Å². The second-order valence-electron chi connectivity index (χ2n) is 3.98. The lowest BCUT2D eigenvalue weighted by Crippen LogP contribution is -2.21. The summed E-state index contributed by atoms with van der Waals surface area (Å²) in [6, 6.07) is 5.27. The van der Waals surface area contributed by atoms with Crippen LogP contribution in [0.3, 0.4) is 0 Å². The van der Waals surface area contributed by atoms with E-state index in [0.29, 0.717) is 6.54 Å². The molecule has 0 bridgehead atoms. The van der Waals surface area contributed by atoms with Gasteiger partial charge >= 0.3 is 0 Å². The fourth-order valence-electron chi connectivity index (χ4n) is 2.21. The van der Waals surface area contributed by atoms with Crippen LogP contribution in [-0.4, -0.2) is 19.6 Å². The van der Waals surface area contributed by atoms with Gasteiger partial charge in [0, 0.05) is 13.1 Å². The maximum absolute atomic E-state index is 13.7. The SMILES string of the molecule is NCCc1cccc(F)c1N1CCCC1. The van der Waals surface area contributed by atoms with Crippen LogP contribution in [0.1, 0.15) is 18.4 Å². The standard InChI is InChI=1S/C12H17FN2/c13-11-5-3-4-10(6-7-14)12(11)15-8-1-2-9-15/h3-5H,1-2,6-9,14H2. The molecule has 15 heavy (non-hydrogen) atoms. The molecule has 0 saturated carbocycles. The highest BCUT2D eigenvalue weighted by Crippen LogP contribution is 2.27. The van der Waals surface area contributed by atoms with Crippen molar-refractivity contribution in [3.63, 3.8) is 0 Å². The smallest absolute Gasteiger partial charge is 0.146 e. The third kappa shape index (κ3) is 2.12. The highest BCUT2D eigenvalue weighted by molar-refractivity contribution is 5.55.